The Labute approximate surface area is 102 Å². The standard InChI is InChI=1S/C12H21NO4/c1-3-17-10-6-9(7-10)13-11(14)4-8(2)5-12(15)16/h8-10H,3-7H2,1-2H3,(H,13,14)(H,15,16). The normalized spacial score (nSPS) is 24.8. The first kappa shape index (κ1) is 14.0. The van der Waals surface area contributed by atoms with Crippen LogP contribution < -0.4 is 5.32 Å². The SMILES string of the molecule is CCOC1CC(NC(=O)CC(C)CC(=O)O)C1. The Bertz CT molecular complexity index is 274. The van der Waals surface area contributed by atoms with Crippen molar-refractivity contribution in [2.75, 3.05) is 6.61 Å². The van der Waals surface area contributed by atoms with Gasteiger partial charge in [-0.25, -0.2) is 0 Å². The quantitative estimate of drug-likeness (QED) is 0.703. The first-order chi connectivity index (χ1) is 8.01. The zero-order valence-electron chi connectivity index (χ0n) is 10.4. The summed E-state index contributed by atoms with van der Waals surface area (Å²) in [6.07, 6.45) is 2.34. The predicted molar refractivity (Wildman–Crippen MR) is 62.6 cm³/mol. The largest absolute Gasteiger partial charge is 0.481 e. The number of aliphatic carboxylic acids is 1. The van der Waals surface area contributed by atoms with E-state index in [0.29, 0.717) is 6.61 Å². The van der Waals surface area contributed by atoms with Crippen LogP contribution in [0.15, 0.2) is 0 Å². The van der Waals surface area contributed by atoms with Crippen LogP contribution in [0.5, 0.6) is 0 Å². The maximum absolute atomic E-state index is 11.6. The number of carboxylic acids is 1. The monoisotopic (exact) mass is 243 g/mol. The molecule has 5 nitrogen and oxygen atoms in total. The Morgan fingerprint density at radius 2 is 2.06 bits per heavy atom. The summed E-state index contributed by atoms with van der Waals surface area (Å²) in [7, 11) is 0. The summed E-state index contributed by atoms with van der Waals surface area (Å²) in [4.78, 5) is 22.0. The number of amides is 1. The minimum atomic E-state index is -0.856. The summed E-state index contributed by atoms with van der Waals surface area (Å²) in [5.74, 6) is -1.03. The van der Waals surface area contributed by atoms with Gasteiger partial charge in [0.05, 0.1) is 6.10 Å². The molecular formula is C12H21NO4. The molecule has 1 rings (SSSR count). The lowest BCUT2D eigenvalue weighted by Gasteiger charge is -2.35. The Balaban J connectivity index is 2.12. The minimum Gasteiger partial charge on any atom is -0.481 e. The number of hydrogen-bond donors (Lipinski definition) is 2. The topological polar surface area (TPSA) is 75.6 Å². The first-order valence-corrected chi connectivity index (χ1v) is 6.14. The molecular weight excluding hydrogens is 222 g/mol. The molecule has 1 aliphatic rings. The van der Waals surface area contributed by atoms with Gasteiger partial charge in [0.2, 0.25) is 5.91 Å². The number of carboxylic acid groups (broad SMARTS) is 1. The van der Waals surface area contributed by atoms with Gasteiger partial charge in [-0.05, 0) is 25.7 Å². The van der Waals surface area contributed by atoms with E-state index in [0.717, 1.165) is 12.8 Å². The average Bonchev–Trinajstić information content (AvgIpc) is 2.12. The zero-order chi connectivity index (χ0) is 12.8. The molecule has 0 radical (unpaired) electrons. The molecule has 1 aliphatic carbocycles. The van der Waals surface area contributed by atoms with Crippen molar-refractivity contribution in [2.24, 2.45) is 5.92 Å². The van der Waals surface area contributed by atoms with Crippen LogP contribution in [0.4, 0.5) is 0 Å². The third-order valence-corrected chi connectivity index (χ3v) is 2.92. The number of nitrogens with one attached hydrogen (secondary N) is 1. The summed E-state index contributed by atoms with van der Waals surface area (Å²) in [6.45, 7) is 4.44. The van der Waals surface area contributed by atoms with Crippen molar-refractivity contribution in [3.8, 4) is 0 Å². The van der Waals surface area contributed by atoms with Crippen LogP contribution >= 0.6 is 0 Å². The summed E-state index contributed by atoms with van der Waals surface area (Å²) in [5, 5.41) is 11.5. The highest BCUT2D eigenvalue weighted by Crippen LogP contribution is 2.23. The Morgan fingerprint density at radius 3 is 2.59 bits per heavy atom. The van der Waals surface area contributed by atoms with Crippen LogP contribution in [-0.4, -0.2) is 35.7 Å². The van der Waals surface area contributed by atoms with Crippen LogP contribution in [0, 0.1) is 5.92 Å². The molecule has 1 saturated carbocycles. The average molecular weight is 243 g/mol. The second kappa shape index (κ2) is 6.59. The van der Waals surface area contributed by atoms with E-state index in [1.807, 2.05) is 6.92 Å². The second-order valence-corrected chi connectivity index (χ2v) is 4.72. The molecule has 0 aromatic heterocycles. The Kier molecular flexibility index (Phi) is 5.41. The van der Waals surface area contributed by atoms with Crippen molar-refractivity contribution in [1.82, 2.24) is 5.32 Å². The van der Waals surface area contributed by atoms with E-state index in [9.17, 15) is 9.59 Å². The first-order valence-electron chi connectivity index (χ1n) is 6.14. The van der Waals surface area contributed by atoms with E-state index in [1.165, 1.54) is 0 Å². The van der Waals surface area contributed by atoms with Crippen molar-refractivity contribution >= 4 is 11.9 Å². The molecule has 1 atom stereocenters. The maximum atomic E-state index is 11.6. The van der Waals surface area contributed by atoms with Gasteiger partial charge in [-0.2, -0.15) is 0 Å². The molecule has 17 heavy (non-hydrogen) atoms. The lowest BCUT2D eigenvalue weighted by atomic mass is 9.89. The number of ether oxygens (including phenoxy) is 1. The molecule has 0 heterocycles. The molecule has 0 spiro atoms. The number of carbonyl (C=O) groups excluding carboxylic acids is 1. The molecule has 5 heteroatoms. The lowest BCUT2D eigenvalue weighted by Crippen LogP contribution is -2.48. The van der Waals surface area contributed by atoms with Crippen LogP contribution in [0.1, 0.15) is 39.5 Å². The fraction of sp³-hybridized carbons (Fsp3) is 0.833. The van der Waals surface area contributed by atoms with Gasteiger partial charge in [0, 0.05) is 25.5 Å². The van der Waals surface area contributed by atoms with Crippen LogP contribution in [0.25, 0.3) is 0 Å². The van der Waals surface area contributed by atoms with Crippen molar-refractivity contribution in [3.05, 3.63) is 0 Å². The summed E-state index contributed by atoms with van der Waals surface area (Å²) >= 11 is 0. The van der Waals surface area contributed by atoms with Crippen molar-refractivity contribution in [1.29, 1.82) is 0 Å². The number of hydrogen-bond acceptors (Lipinski definition) is 3. The van der Waals surface area contributed by atoms with Gasteiger partial charge in [-0.3, -0.25) is 9.59 Å². The lowest BCUT2D eigenvalue weighted by molar-refractivity contribution is -0.138. The molecule has 0 saturated heterocycles. The van der Waals surface area contributed by atoms with Crippen molar-refractivity contribution in [3.63, 3.8) is 0 Å². The predicted octanol–water partition coefficient (Wildman–Crippen LogP) is 1.17. The summed E-state index contributed by atoms with van der Waals surface area (Å²) in [6, 6.07) is 0.205. The highest BCUT2D eigenvalue weighted by atomic mass is 16.5. The maximum Gasteiger partial charge on any atom is 0.303 e. The fourth-order valence-corrected chi connectivity index (χ4v) is 2.03. The second-order valence-electron chi connectivity index (χ2n) is 4.72. The highest BCUT2D eigenvalue weighted by Gasteiger charge is 2.30. The molecule has 98 valence electrons. The van der Waals surface area contributed by atoms with Gasteiger partial charge >= 0.3 is 5.97 Å². The molecule has 1 amide bonds. The highest BCUT2D eigenvalue weighted by molar-refractivity contribution is 5.77. The van der Waals surface area contributed by atoms with E-state index in [-0.39, 0.29) is 36.8 Å². The van der Waals surface area contributed by atoms with E-state index in [1.54, 1.807) is 6.92 Å². The van der Waals surface area contributed by atoms with E-state index >= 15 is 0 Å². The van der Waals surface area contributed by atoms with Crippen LogP contribution in [0.3, 0.4) is 0 Å². The summed E-state index contributed by atoms with van der Waals surface area (Å²) < 4.78 is 5.39. The fourth-order valence-electron chi connectivity index (χ4n) is 2.03. The molecule has 1 fully saturated rings. The molecule has 0 aromatic carbocycles. The zero-order valence-corrected chi connectivity index (χ0v) is 10.4. The molecule has 0 aliphatic heterocycles. The van der Waals surface area contributed by atoms with E-state index in [2.05, 4.69) is 5.32 Å². The molecule has 0 aromatic rings. The van der Waals surface area contributed by atoms with E-state index in [4.69, 9.17) is 9.84 Å². The third kappa shape index (κ3) is 5.17. The van der Waals surface area contributed by atoms with Crippen molar-refractivity contribution < 1.29 is 19.4 Å². The van der Waals surface area contributed by atoms with Crippen LogP contribution in [0.2, 0.25) is 0 Å². The Hall–Kier alpha value is -1.10. The molecule has 1 unspecified atom stereocenters. The van der Waals surface area contributed by atoms with Gasteiger partial charge in [0.15, 0.2) is 0 Å². The van der Waals surface area contributed by atoms with E-state index < -0.39 is 5.97 Å². The van der Waals surface area contributed by atoms with Gasteiger partial charge < -0.3 is 15.2 Å². The molecule has 0 bridgehead atoms. The van der Waals surface area contributed by atoms with Gasteiger partial charge in [-0.15, -0.1) is 0 Å². The minimum absolute atomic E-state index is 0.0413. The smallest absolute Gasteiger partial charge is 0.303 e. The van der Waals surface area contributed by atoms with Crippen LogP contribution in [-0.2, 0) is 14.3 Å². The molecule has 2 N–H and O–H groups in total. The number of carbonyl (C=O) groups is 2. The van der Waals surface area contributed by atoms with Crippen molar-refractivity contribution in [2.45, 2.75) is 51.7 Å². The van der Waals surface area contributed by atoms with Gasteiger partial charge in [-0.1, -0.05) is 6.92 Å². The van der Waals surface area contributed by atoms with Gasteiger partial charge in [0.1, 0.15) is 0 Å². The third-order valence-electron chi connectivity index (χ3n) is 2.92. The van der Waals surface area contributed by atoms with Gasteiger partial charge in [0.25, 0.3) is 0 Å². The number of rotatable bonds is 7. The summed E-state index contributed by atoms with van der Waals surface area (Å²) in [5.41, 5.74) is 0. The Morgan fingerprint density at radius 1 is 1.41 bits per heavy atom.